The molecule has 6 aliphatic carbocycles. The summed E-state index contributed by atoms with van der Waals surface area (Å²) in [6.45, 7) is 14.4. The molecule has 0 radical (unpaired) electrons. The van der Waals surface area contributed by atoms with Crippen LogP contribution in [0.25, 0.3) is 34.4 Å². The fourth-order valence-corrected chi connectivity index (χ4v) is 33.5. The molecule has 4 bridgehead atoms. The Morgan fingerprint density at radius 3 is 1.66 bits per heavy atom. The van der Waals surface area contributed by atoms with Gasteiger partial charge >= 0.3 is 332 Å². The Morgan fingerprint density at radius 1 is 0.661 bits per heavy atom. The number of allylic oxidation sites excluding steroid dienone is 2. The molecule has 4 heteroatoms. The molecule has 4 fully saturated rings. The van der Waals surface area contributed by atoms with E-state index >= 15 is 0 Å². The van der Waals surface area contributed by atoms with E-state index in [4.69, 9.17) is 0 Å². The van der Waals surface area contributed by atoms with Crippen LogP contribution in [-0.4, -0.2) is 6.88 Å². The van der Waals surface area contributed by atoms with E-state index in [0.717, 1.165) is 24.2 Å². The second kappa shape index (κ2) is 15.6. The summed E-state index contributed by atoms with van der Waals surface area (Å²) in [5, 5.41) is 0. The van der Waals surface area contributed by atoms with Crippen molar-refractivity contribution in [3.63, 3.8) is 0 Å². The largest absolute Gasteiger partial charge is 0.147 e. The smallest absolute Gasteiger partial charge is 0.147 e. The monoisotopic (exact) mass is 878 g/mol. The molecule has 0 N–H and O–H groups in total. The maximum atomic E-state index is 2.84. The Bertz CT molecular complexity index is 2200. The molecule has 296 valence electrons. The van der Waals surface area contributed by atoms with Gasteiger partial charge in [0.1, 0.15) is 0 Å². The van der Waals surface area contributed by atoms with E-state index < -0.39 is 17.4 Å². The molecular formula is C52H66Cl2SiZr. The quantitative estimate of drug-likeness (QED) is 0.139. The predicted octanol–water partition coefficient (Wildman–Crippen LogP) is 15.2. The van der Waals surface area contributed by atoms with Crippen molar-refractivity contribution in [3.8, 4) is 22.3 Å². The van der Waals surface area contributed by atoms with Crippen molar-refractivity contribution < 1.29 is 17.4 Å². The summed E-state index contributed by atoms with van der Waals surface area (Å²) in [5.41, 5.74) is 18.8. The first-order valence-corrected chi connectivity index (χ1v) is 35.5. The Kier molecular flexibility index (Phi) is 11.7. The molecule has 0 heterocycles. The second-order valence-electron chi connectivity index (χ2n) is 20.4. The maximum Gasteiger partial charge on any atom is -0.147 e. The van der Waals surface area contributed by atoms with Gasteiger partial charge in [0.25, 0.3) is 0 Å². The number of fused-ring (bicyclic) bond motifs is 2. The van der Waals surface area contributed by atoms with Gasteiger partial charge < -0.3 is 0 Å². The number of halogens is 2. The normalized spacial score (nSPS) is 26.6. The molecule has 3 atom stereocenters. The molecule has 4 saturated carbocycles. The molecule has 10 rings (SSSR count). The van der Waals surface area contributed by atoms with Gasteiger partial charge in [-0.2, -0.15) is 0 Å². The van der Waals surface area contributed by atoms with Crippen molar-refractivity contribution in [1.29, 1.82) is 0 Å². The zero-order valence-electron chi connectivity index (χ0n) is 35.2. The first kappa shape index (κ1) is 42.2. The van der Waals surface area contributed by atoms with E-state index in [2.05, 4.69) is 148 Å². The Morgan fingerprint density at radius 2 is 1.16 bits per heavy atom. The average Bonchev–Trinajstić information content (AvgIpc) is 3.76. The molecule has 0 nitrogen and oxygen atoms in total. The van der Waals surface area contributed by atoms with Crippen LogP contribution in [0.2, 0.25) is 9.26 Å². The predicted molar refractivity (Wildman–Crippen MR) is 248 cm³/mol. The van der Waals surface area contributed by atoms with Gasteiger partial charge in [-0.1, -0.05) is 0 Å². The Labute approximate surface area is 354 Å². The van der Waals surface area contributed by atoms with Gasteiger partial charge in [0.05, 0.1) is 0 Å². The van der Waals surface area contributed by atoms with E-state index in [1.807, 2.05) is 0 Å². The molecule has 6 aliphatic rings. The van der Waals surface area contributed by atoms with Crippen LogP contribution >= 0.6 is 24.8 Å². The zero-order valence-corrected chi connectivity index (χ0v) is 40.7. The third-order valence-corrected chi connectivity index (χ3v) is 33.0. The van der Waals surface area contributed by atoms with Crippen molar-refractivity contribution in [2.45, 2.75) is 120 Å². The van der Waals surface area contributed by atoms with Crippen LogP contribution < -0.4 is 0 Å². The van der Waals surface area contributed by atoms with Gasteiger partial charge in [-0.25, -0.2) is 0 Å². The number of hydrogen-bond acceptors (Lipinski definition) is 0. The molecule has 56 heavy (non-hydrogen) atoms. The van der Waals surface area contributed by atoms with E-state index in [1.54, 1.807) is 27.8 Å². The van der Waals surface area contributed by atoms with Crippen LogP contribution in [0.4, 0.5) is 0 Å². The van der Waals surface area contributed by atoms with Crippen molar-refractivity contribution in [3.05, 3.63) is 129 Å². The topological polar surface area (TPSA) is 0 Å². The van der Waals surface area contributed by atoms with Crippen LogP contribution in [0.5, 0.6) is 0 Å². The molecule has 0 spiro atoms. The van der Waals surface area contributed by atoms with Gasteiger partial charge in [-0.3, -0.25) is 0 Å². The fourth-order valence-electron chi connectivity index (χ4n) is 13.6. The second-order valence-corrected chi connectivity index (χ2v) is 50.9. The molecule has 3 unspecified atom stereocenters. The van der Waals surface area contributed by atoms with E-state index in [9.17, 15) is 0 Å². The van der Waals surface area contributed by atoms with Gasteiger partial charge in [0, 0.05) is 0 Å². The van der Waals surface area contributed by atoms with Crippen LogP contribution in [0.15, 0.2) is 96.1 Å². The first-order valence-electron chi connectivity index (χ1n) is 21.8. The van der Waals surface area contributed by atoms with E-state index in [1.165, 1.54) is 90.3 Å². The van der Waals surface area contributed by atoms with Crippen LogP contribution in [-0.2, 0) is 22.8 Å². The third kappa shape index (κ3) is 6.91. The molecule has 4 aromatic rings. The minimum atomic E-state index is -3.76. The average molecular weight is 881 g/mol. The summed E-state index contributed by atoms with van der Waals surface area (Å²) in [7, 11) is 0. The molecule has 4 aromatic carbocycles. The molecular weight excluding hydrogens is 815 g/mol. The van der Waals surface area contributed by atoms with Gasteiger partial charge in [-0.15, -0.1) is 24.8 Å². The third-order valence-electron chi connectivity index (χ3n) is 15.6. The minimum absolute atomic E-state index is 0. The Hall–Kier alpha value is -1.96. The summed E-state index contributed by atoms with van der Waals surface area (Å²) >= 11 is -3.76. The standard InChI is InChI=1S/C27H29.C23H27.2CH3.2ClH.H2Si.Zr/c1-2-18-13-23-4-3-5-25(26(23)14-18)22-6-8-24(9-7-22)27-15-19-10-20(16-27)12-21(11-19)17-27;1-5-7-17(4)21-14-20-8-6-9-22(23(20)15-21)19-12-10-18(11-13-19)16(2)3;;;;;;/h3-9,13-14,19-21H,2,10-12,15-17H2,1H3;6,8-17H,5,7H2,1-4H3;2*1H3;2*1H;1H2;. The summed E-state index contributed by atoms with van der Waals surface area (Å²) in [6, 6.07) is 34.2. The molecule has 0 aromatic heterocycles. The van der Waals surface area contributed by atoms with E-state index in [-0.39, 0.29) is 24.8 Å². The summed E-state index contributed by atoms with van der Waals surface area (Å²) in [5.74, 6) is 4.07. The van der Waals surface area contributed by atoms with Crippen molar-refractivity contribution in [1.82, 2.24) is 0 Å². The maximum absolute atomic E-state index is 3.76. The molecule has 0 aliphatic heterocycles. The van der Waals surface area contributed by atoms with E-state index in [0.29, 0.717) is 24.5 Å². The summed E-state index contributed by atoms with van der Waals surface area (Å²) < 4.78 is 6.75. The first-order chi connectivity index (χ1) is 25.9. The zero-order chi connectivity index (χ0) is 37.6. The van der Waals surface area contributed by atoms with Gasteiger partial charge in [0.15, 0.2) is 0 Å². The number of rotatable bonds is 10. The van der Waals surface area contributed by atoms with Crippen LogP contribution in [0.3, 0.4) is 0 Å². The summed E-state index contributed by atoms with van der Waals surface area (Å²) in [4.78, 5) is 0. The summed E-state index contributed by atoms with van der Waals surface area (Å²) in [6.07, 6.45) is 17.8. The van der Waals surface area contributed by atoms with Crippen molar-refractivity contribution >= 4 is 43.8 Å². The van der Waals surface area contributed by atoms with Gasteiger partial charge in [-0.05, 0) is 0 Å². The number of benzene rings is 4. The van der Waals surface area contributed by atoms with Crippen LogP contribution in [0.1, 0.15) is 139 Å². The SMILES string of the molecule is CCCC(C)C1=Cc2c(-c3ccc(C(C)C)cc3)cccc2[CH]1[Zr]([CH3])([CH3])(=[SiH2])[CH]1C(CC)=Cc2c(-c3ccc(C45CC6CC(CC(C6)C4)C5)cc3)cccc21.Cl.Cl. The van der Waals surface area contributed by atoms with Gasteiger partial charge in [0.2, 0.25) is 0 Å². The van der Waals surface area contributed by atoms with Crippen molar-refractivity contribution in [2.75, 3.05) is 0 Å². The number of hydrogen-bond donors (Lipinski definition) is 0. The molecule has 0 amide bonds. The van der Waals surface area contributed by atoms with Crippen LogP contribution in [0, 0.1) is 23.7 Å². The van der Waals surface area contributed by atoms with Crippen molar-refractivity contribution in [2.24, 2.45) is 23.7 Å². The fraction of sp³-hybridized carbons (Fsp3) is 0.462. The minimum Gasteiger partial charge on any atom is -0.147 e. The Balaban J connectivity index is 0.00000240. The molecule has 0 saturated heterocycles.